The second kappa shape index (κ2) is 5.22. The van der Waals surface area contributed by atoms with Gasteiger partial charge >= 0.3 is 0 Å². The Balaban J connectivity index is 1.85. The Kier molecular flexibility index (Phi) is 3.44. The Morgan fingerprint density at radius 2 is 2.26 bits per heavy atom. The number of rotatable bonds is 4. The highest BCUT2D eigenvalue weighted by Gasteiger charge is 2.08. The molecule has 0 fully saturated rings. The van der Waals surface area contributed by atoms with Crippen LogP contribution in [0.2, 0.25) is 0 Å². The number of pyridine rings is 1. The SMILES string of the molecule is CC(C)CNc1nc(-c2cnc3ccsc3c2)ns1. The summed E-state index contributed by atoms with van der Waals surface area (Å²) in [5.74, 6) is 1.34. The molecule has 6 heteroatoms. The maximum absolute atomic E-state index is 4.50. The molecule has 98 valence electrons. The molecule has 0 aliphatic carbocycles. The van der Waals surface area contributed by atoms with E-state index in [4.69, 9.17) is 0 Å². The molecule has 0 spiro atoms. The van der Waals surface area contributed by atoms with E-state index in [2.05, 4.69) is 39.6 Å². The van der Waals surface area contributed by atoms with Crippen LogP contribution >= 0.6 is 22.9 Å². The fourth-order valence-electron chi connectivity index (χ4n) is 1.67. The van der Waals surface area contributed by atoms with Gasteiger partial charge in [0.2, 0.25) is 5.13 Å². The third-order valence-corrected chi connectivity index (χ3v) is 4.17. The van der Waals surface area contributed by atoms with Crippen molar-refractivity contribution in [1.29, 1.82) is 0 Å². The molecule has 3 rings (SSSR count). The maximum Gasteiger partial charge on any atom is 0.202 e. The van der Waals surface area contributed by atoms with Crippen molar-refractivity contribution in [2.24, 2.45) is 5.92 Å². The Morgan fingerprint density at radius 3 is 3.11 bits per heavy atom. The van der Waals surface area contributed by atoms with Crippen LogP contribution in [-0.2, 0) is 0 Å². The summed E-state index contributed by atoms with van der Waals surface area (Å²) in [6.45, 7) is 5.25. The van der Waals surface area contributed by atoms with E-state index in [1.165, 1.54) is 16.2 Å². The molecule has 0 unspecified atom stereocenters. The standard InChI is InChI=1S/C13H14N4S2/c1-8(2)6-15-13-16-12(17-19-13)9-5-11-10(14-7-9)3-4-18-11/h3-5,7-8H,6H2,1-2H3,(H,15,16,17). The van der Waals surface area contributed by atoms with Crippen molar-refractivity contribution >= 4 is 38.2 Å². The van der Waals surface area contributed by atoms with Crippen LogP contribution in [-0.4, -0.2) is 20.9 Å². The van der Waals surface area contributed by atoms with Crippen molar-refractivity contribution in [1.82, 2.24) is 14.3 Å². The summed E-state index contributed by atoms with van der Waals surface area (Å²) >= 11 is 3.08. The molecular formula is C13H14N4S2. The van der Waals surface area contributed by atoms with Crippen LogP contribution in [0, 0.1) is 5.92 Å². The first-order valence-corrected chi connectivity index (χ1v) is 7.79. The molecule has 0 bridgehead atoms. The van der Waals surface area contributed by atoms with E-state index in [1.54, 1.807) is 11.3 Å². The van der Waals surface area contributed by atoms with E-state index in [0.29, 0.717) is 5.92 Å². The molecule has 4 nitrogen and oxygen atoms in total. The van der Waals surface area contributed by atoms with E-state index in [9.17, 15) is 0 Å². The van der Waals surface area contributed by atoms with Crippen LogP contribution in [0.3, 0.4) is 0 Å². The lowest BCUT2D eigenvalue weighted by atomic mass is 10.2. The molecule has 3 heterocycles. The monoisotopic (exact) mass is 290 g/mol. The fraction of sp³-hybridized carbons (Fsp3) is 0.308. The average molecular weight is 290 g/mol. The fourth-order valence-corrected chi connectivity index (χ4v) is 3.05. The number of anilines is 1. The number of nitrogens with one attached hydrogen (secondary N) is 1. The third-order valence-electron chi connectivity index (χ3n) is 2.65. The number of nitrogens with zero attached hydrogens (tertiary/aromatic N) is 3. The van der Waals surface area contributed by atoms with E-state index in [-0.39, 0.29) is 0 Å². The normalized spacial score (nSPS) is 11.3. The summed E-state index contributed by atoms with van der Waals surface area (Å²) in [6.07, 6.45) is 1.84. The quantitative estimate of drug-likeness (QED) is 0.792. The van der Waals surface area contributed by atoms with Gasteiger partial charge < -0.3 is 5.32 Å². The minimum absolute atomic E-state index is 0.594. The number of aromatic nitrogens is 3. The smallest absolute Gasteiger partial charge is 0.202 e. The molecule has 0 radical (unpaired) electrons. The molecule has 0 saturated carbocycles. The number of fused-ring (bicyclic) bond motifs is 1. The Hall–Kier alpha value is -1.53. The average Bonchev–Trinajstić information content (AvgIpc) is 3.04. The summed E-state index contributed by atoms with van der Waals surface area (Å²) in [4.78, 5) is 8.92. The van der Waals surface area contributed by atoms with Crippen molar-refractivity contribution in [2.75, 3.05) is 11.9 Å². The summed E-state index contributed by atoms with van der Waals surface area (Å²) in [5.41, 5.74) is 2.01. The first-order valence-electron chi connectivity index (χ1n) is 6.13. The van der Waals surface area contributed by atoms with Gasteiger partial charge in [-0.25, -0.2) is 0 Å². The van der Waals surface area contributed by atoms with Gasteiger partial charge in [0.25, 0.3) is 0 Å². The summed E-state index contributed by atoms with van der Waals surface area (Å²) in [5, 5.41) is 6.21. The van der Waals surface area contributed by atoms with Gasteiger partial charge in [0.15, 0.2) is 5.82 Å². The summed E-state index contributed by atoms with van der Waals surface area (Å²) in [6, 6.07) is 4.12. The summed E-state index contributed by atoms with van der Waals surface area (Å²) in [7, 11) is 0. The van der Waals surface area contributed by atoms with E-state index in [1.807, 2.05) is 17.6 Å². The van der Waals surface area contributed by atoms with Gasteiger partial charge in [0.1, 0.15) is 0 Å². The van der Waals surface area contributed by atoms with Gasteiger partial charge in [0, 0.05) is 29.8 Å². The first-order chi connectivity index (χ1) is 9.22. The van der Waals surface area contributed by atoms with Crippen LogP contribution in [0.4, 0.5) is 5.13 Å². The predicted octanol–water partition coefficient (Wildman–Crippen LogP) is 3.88. The highest BCUT2D eigenvalue weighted by Crippen LogP contribution is 2.26. The molecule has 0 aliphatic rings. The van der Waals surface area contributed by atoms with Crippen LogP contribution in [0.1, 0.15) is 13.8 Å². The lowest BCUT2D eigenvalue weighted by Gasteiger charge is -2.03. The van der Waals surface area contributed by atoms with E-state index in [0.717, 1.165) is 28.6 Å². The molecular weight excluding hydrogens is 276 g/mol. The van der Waals surface area contributed by atoms with Gasteiger partial charge in [0.05, 0.1) is 10.2 Å². The van der Waals surface area contributed by atoms with Gasteiger partial charge in [-0.2, -0.15) is 9.36 Å². The zero-order valence-corrected chi connectivity index (χ0v) is 12.4. The molecule has 3 aromatic rings. The van der Waals surface area contributed by atoms with Crippen LogP contribution in [0.25, 0.3) is 21.6 Å². The lowest BCUT2D eigenvalue weighted by Crippen LogP contribution is -2.07. The summed E-state index contributed by atoms with van der Waals surface area (Å²) < 4.78 is 5.56. The maximum atomic E-state index is 4.50. The third kappa shape index (κ3) is 2.74. The van der Waals surface area contributed by atoms with Gasteiger partial charge in [-0.1, -0.05) is 13.8 Å². The Morgan fingerprint density at radius 1 is 1.37 bits per heavy atom. The minimum Gasteiger partial charge on any atom is -0.360 e. The van der Waals surface area contributed by atoms with Crippen molar-refractivity contribution < 1.29 is 0 Å². The van der Waals surface area contributed by atoms with Gasteiger partial charge in [-0.15, -0.1) is 11.3 Å². The molecule has 0 aromatic carbocycles. The highest BCUT2D eigenvalue weighted by molar-refractivity contribution is 7.17. The molecule has 1 N–H and O–H groups in total. The molecule has 19 heavy (non-hydrogen) atoms. The van der Waals surface area contributed by atoms with Crippen LogP contribution in [0.15, 0.2) is 23.7 Å². The minimum atomic E-state index is 0.594. The van der Waals surface area contributed by atoms with Crippen molar-refractivity contribution in [3.05, 3.63) is 23.7 Å². The number of hydrogen-bond acceptors (Lipinski definition) is 6. The largest absolute Gasteiger partial charge is 0.360 e. The van der Waals surface area contributed by atoms with Crippen molar-refractivity contribution in [3.8, 4) is 11.4 Å². The molecule has 0 atom stereocenters. The van der Waals surface area contributed by atoms with Crippen molar-refractivity contribution in [2.45, 2.75) is 13.8 Å². The zero-order chi connectivity index (χ0) is 13.2. The molecule has 0 saturated heterocycles. The first kappa shape index (κ1) is 12.5. The molecule has 0 amide bonds. The van der Waals surface area contributed by atoms with Gasteiger partial charge in [-0.3, -0.25) is 4.98 Å². The molecule has 0 aliphatic heterocycles. The second-order valence-corrected chi connectivity index (χ2v) is 6.43. The Labute approximate surface area is 119 Å². The number of hydrogen-bond donors (Lipinski definition) is 1. The van der Waals surface area contributed by atoms with E-state index < -0.39 is 0 Å². The lowest BCUT2D eigenvalue weighted by molar-refractivity contribution is 0.688. The topological polar surface area (TPSA) is 50.7 Å². The second-order valence-electron chi connectivity index (χ2n) is 4.73. The van der Waals surface area contributed by atoms with Crippen molar-refractivity contribution in [3.63, 3.8) is 0 Å². The number of thiophene rings is 1. The Bertz CT molecular complexity index is 687. The van der Waals surface area contributed by atoms with Crippen LogP contribution in [0.5, 0.6) is 0 Å². The van der Waals surface area contributed by atoms with Crippen LogP contribution < -0.4 is 5.32 Å². The zero-order valence-electron chi connectivity index (χ0n) is 10.8. The predicted molar refractivity (Wildman–Crippen MR) is 81.9 cm³/mol. The van der Waals surface area contributed by atoms with E-state index >= 15 is 0 Å². The molecule has 3 aromatic heterocycles. The van der Waals surface area contributed by atoms with Gasteiger partial charge in [-0.05, 0) is 23.4 Å². The highest BCUT2D eigenvalue weighted by atomic mass is 32.1.